The lowest BCUT2D eigenvalue weighted by Crippen LogP contribution is -2.55. The molecule has 0 amide bonds. The second-order valence-corrected chi connectivity index (χ2v) is 7.45. The van der Waals surface area contributed by atoms with Crippen LogP contribution in [0.15, 0.2) is 35.9 Å². The van der Waals surface area contributed by atoms with Crippen LogP contribution in [-0.4, -0.2) is 44.1 Å². The summed E-state index contributed by atoms with van der Waals surface area (Å²) in [4.78, 5) is 11.9. The second kappa shape index (κ2) is 6.90. The zero-order valence-corrected chi connectivity index (χ0v) is 15.0. The lowest BCUT2D eigenvalue weighted by Gasteiger charge is -2.47. The Morgan fingerprint density at radius 2 is 1.92 bits per heavy atom. The Hall–Kier alpha value is -2.31. The number of carbonyl (C=O) groups excluding carboxylic acids is 1. The van der Waals surface area contributed by atoms with Gasteiger partial charge in [0.2, 0.25) is 0 Å². The highest BCUT2D eigenvalue weighted by Crippen LogP contribution is 2.35. The molecule has 2 rings (SSSR count). The van der Waals surface area contributed by atoms with E-state index in [0.29, 0.717) is 12.0 Å². The molecule has 0 aliphatic carbocycles. The van der Waals surface area contributed by atoms with Crippen molar-refractivity contribution in [2.45, 2.75) is 45.2 Å². The number of hydrogen-bond acceptors (Lipinski definition) is 6. The van der Waals surface area contributed by atoms with E-state index < -0.39 is 17.0 Å². The summed E-state index contributed by atoms with van der Waals surface area (Å²) in [5.74, 6) is -0.969. The summed E-state index contributed by atoms with van der Waals surface area (Å²) in [6.45, 7) is 7.81. The van der Waals surface area contributed by atoms with E-state index in [1.54, 1.807) is 6.07 Å². The molecule has 136 valence electrons. The van der Waals surface area contributed by atoms with Gasteiger partial charge in [-0.3, -0.25) is 0 Å². The van der Waals surface area contributed by atoms with Crippen LogP contribution in [0.3, 0.4) is 0 Å². The predicted molar refractivity (Wildman–Crippen MR) is 94.2 cm³/mol. The zero-order valence-electron chi connectivity index (χ0n) is 15.0. The molecule has 0 radical (unpaired) electrons. The average Bonchev–Trinajstić information content (AvgIpc) is 2.51. The Morgan fingerprint density at radius 3 is 2.52 bits per heavy atom. The number of phenolic OH excluding ortho intramolecular Hbond substituents is 2. The van der Waals surface area contributed by atoms with Crippen LogP contribution in [0, 0.1) is 0 Å². The fraction of sp³-hybridized carbons (Fsp3) is 0.421. The third kappa shape index (κ3) is 4.61. The van der Waals surface area contributed by atoms with E-state index >= 15 is 0 Å². The third-order valence-electron chi connectivity index (χ3n) is 4.15. The minimum atomic E-state index is -0.539. The summed E-state index contributed by atoms with van der Waals surface area (Å²) in [6.07, 6.45) is 5.27. The summed E-state index contributed by atoms with van der Waals surface area (Å²) in [5.41, 5.74) is 0.536. The number of hydroxylamine groups is 2. The molecule has 0 bridgehead atoms. The van der Waals surface area contributed by atoms with Gasteiger partial charge in [0.1, 0.15) is 6.61 Å². The van der Waals surface area contributed by atoms with Crippen LogP contribution in [-0.2, 0) is 9.53 Å². The molecule has 25 heavy (non-hydrogen) atoms. The molecular formula is C19H25NO5. The Morgan fingerprint density at radius 1 is 1.24 bits per heavy atom. The Bertz CT molecular complexity index is 719. The number of aromatic hydroxyl groups is 2. The van der Waals surface area contributed by atoms with Gasteiger partial charge in [-0.15, -0.1) is 0 Å². The van der Waals surface area contributed by atoms with Crippen LogP contribution in [0.2, 0.25) is 0 Å². The summed E-state index contributed by atoms with van der Waals surface area (Å²) >= 11 is 0. The SMILES string of the molecule is CC1(C)C=C(COC(=O)/C=C/c2ccc(O)c(O)c2)CC(C)(C)N1O. The van der Waals surface area contributed by atoms with Gasteiger partial charge in [-0.1, -0.05) is 12.1 Å². The number of rotatable bonds is 4. The lowest BCUT2D eigenvalue weighted by atomic mass is 9.83. The fourth-order valence-corrected chi connectivity index (χ4v) is 3.14. The van der Waals surface area contributed by atoms with Crippen molar-refractivity contribution < 1.29 is 25.0 Å². The number of phenols is 2. The van der Waals surface area contributed by atoms with E-state index in [4.69, 9.17) is 4.74 Å². The first-order valence-electron chi connectivity index (χ1n) is 8.08. The maximum absolute atomic E-state index is 11.9. The quantitative estimate of drug-likeness (QED) is 0.335. The van der Waals surface area contributed by atoms with E-state index in [-0.39, 0.29) is 18.1 Å². The molecule has 0 atom stereocenters. The minimum absolute atomic E-state index is 0.157. The van der Waals surface area contributed by atoms with Gasteiger partial charge in [0, 0.05) is 11.6 Å². The first kappa shape index (κ1) is 19.0. The summed E-state index contributed by atoms with van der Waals surface area (Å²) in [7, 11) is 0. The molecule has 1 heterocycles. The topological polar surface area (TPSA) is 90.2 Å². The minimum Gasteiger partial charge on any atom is -0.504 e. The van der Waals surface area contributed by atoms with E-state index in [9.17, 15) is 20.2 Å². The number of ether oxygens (including phenoxy) is 1. The van der Waals surface area contributed by atoms with Crippen molar-refractivity contribution in [1.82, 2.24) is 5.06 Å². The predicted octanol–water partition coefficient (Wildman–Crippen LogP) is 3.23. The van der Waals surface area contributed by atoms with Gasteiger partial charge in [-0.25, -0.2) is 4.79 Å². The highest BCUT2D eigenvalue weighted by molar-refractivity contribution is 5.87. The van der Waals surface area contributed by atoms with Crippen molar-refractivity contribution in [3.05, 3.63) is 41.5 Å². The molecule has 0 saturated carbocycles. The Kier molecular flexibility index (Phi) is 5.25. The first-order chi connectivity index (χ1) is 11.5. The summed E-state index contributed by atoms with van der Waals surface area (Å²) < 4.78 is 5.27. The van der Waals surface area contributed by atoms with Gasteiger partial charge in [0.25, 0.3) is 0 Å². The van der Waals surface area contributed by atoms with Crippen LogP contribution in [0.4, 0.5) is 0 Å². The summed E-state index contributed by atoms with van der Waals surface area (Å²) in [6, 6.07) is 4.27. The van der Waals surface area contributed by atoms with Gasteiger partial charge in [-0.05, 0) is 63.5 Å². The van der Waals surface area contributed by atoms with E-state index in [1.807, 2.05) is 33.8 Å². The number of carbonyl (C=O) groups is 1. The van der Waals surface area contributed by atoms with Crippen molar-refractivity contribution in [1.29, 1.82) is 0 Å². The monoisotopic (exact) mass is 347 g/mol. The van der Waals surface area contributed by atoms with Gasteiger partial charge >= 0.3 is 5.97 Å². The van der Waals surface area contributed by atoms with Gasteiger partial charge in [0.15, 0.2) is 11.5 Å². The Balaban J connectivity index is 1.98. The lowest BCUT2D eigenvalue weighted by molar-refractivity contribution is -0.214. The third-order valence-corrected chi connectivity index (χ3v) is 4.15. The van der Waals surface area contributed by atoms with Crippen molar-refractivity contribution in [3.8, 4) is 11.5 Å². The van der Waals surface area contributed by atoms with Gasteiger partial charge < -0.3 is 20.2 Å². The van der Waals surface area contributed by atoms with Crippen molar-refractivity contribution in [3.63, 3.8) is 0 Å². The standard InChI is InChI=1S/C19H25NO5/c1-18(2)10-14(11-19(3,4)20(18)24)12-25-17(23)8-6-13-5-7-15(21)16(22)9-13/h5-10,21-22,24H,11-12H2,1-4H3/b8-6+. The molecule has 1 aromatic rings. The van der Waals surface area contributed by atoms with Crippen molar-refractivity contribution >= 4 is 12.0 Å². The second-order valence-electron chi connectivity index (χ2n) is 7.45. The highest BCUT2D eigenvalue weighted by atomic mass is 16.5. The van der Waals surface area contributed by atoms with Crippen LogP contribution in [0.1, 0.15) is 39.7 Å². The van der Waals surface area contributed by atoms with Crippen LogP contribution >= 0.6 is 0 Å². The molecular weight excluding hydrogens is 322 g/mol. The number of hydrogen-bond donors (Lipinski definition) is 3. The van der Waals surface area contributed by atoms with Crippen LogP contribution in [0.25, 0.3) is 6.08 Å². The normalized spacial score (nSPS) is 19.6. The smallest absolute Gasteiger partial charge is 0.331 e. The molecule has 0 saturated heterocycles. The van der Waals surface area contributed by atoms with E-state index in [1.165, 1.54) is 29.3 Å². The number of benzene rings is 1. The number of nitrogens with zero attached hydrogens (tertiary/aromatic N) is 1. The average molecular weight is 347 g/mol. The van der Waals surface area contributed by atoms with Gasteiger partial charge in [-0.2, -0.15) is 5.06 Å². The van der Waals surface area contributed by atoms with Crippen LogP contribution in [0.5, 0.6) is 11.5 Å². The largest absolute Gasteiger partial charge is 0.504 e. The van der Waals surface area contributed by atoms with E-state index in [2.05, 4.69) is 0 Å². The van der Waals surface area contributed by atoms with E-state index in [0.717, 1.165) is 5.57 Å². The van der Waals surface area contributed by atoms with Gasteiger partial charge in [0.05, 0.1) is 5.54 Å². The summed E-state index contributed by atoms with van der Waals surface area (Å²) in [5, 5.41) is 30.3. The molecule has 1 aromatic carbocycles. The van der Waals surface area contributed by atoms with Crippen molar-refractivity contribution in [2.24, 2.45) is 0 Å². The molecule has 6 heteroatoms. The maximum Gasteiger partial charge on any atom is 0.331 e. The highest BCUT2D eigenvalue weighted by Gasteiger charge is 2.40. The first-order valence-corrected chi connectivity index (χ1v) is 8.08. The number of esters is 1. The molecule has 0 spiro atoms. The molecule has 6 nitrogen and oxygen atoms in total. The maximum atomic E-state index is 11.9. The zero-order chi connectivity index (χ0) is 18.8. The molecule has 0 fully saturated rings. The molecule has 3 N–H and O–H groups in total. The molecule has 1 aliphatic heterocycles. The molecule has 0 unspecified atom stereocenters. The fourth-order valence-electron chi connectivity index (χ4n) is 3.14. The Labute approximate surface area is 147 Å². The van der Waals surface area contributed by atoms with Crippen LogP contribution < -0.4 is 0 Å². The molecule has 0 aromatic heterocycles. The van der Waals surface area contributed by atoms with Crippen molar-refractivity contribution in [2.75, 3.05) is 6.61 Å². The molecule has 1 aliphatic rings.